The van der Waals surface area contributed by atoms with E-state index in [1.807, 2.05) is 6.92 Å². The van der Waals surface area contributed by atoms with Crippen LogP contribution in [-0.2, 0) is 0 Å². The molecule has 1 aromatic carbocycles. The predicted octanol–water partition coefficient (Wildman–Crippen LogP) is 2.43. The van der Waals surface area contributed by atoms with Crippen molar-refractivity contribution in [1.29, 1.82) is 0 Å². The lowest BCUT2D eigenvalue weighted by molar-refractivity contribution is -0.384. The van der Waals surface area contributed by atoms with Gasteiger partial charge < -0.3 is 0 Å². The number of thiazole rings is 1. The van der Waals surface area contributed by atoms with Gasteiger partial charge in [-0.3, -0.25) is 14.9 Å². The van der Waals surface area contributed by atoms with E-state index < -0.39 is 4.92 Å². The van der Waals surface area contributed by atoms with Crippen molar-refractivity contribution in [3.8, 4) is 0 Å². The molecule has 0 fully saturated rings. The smallest absolute Gasteiger partial charge is 0.266 e. The highest BCUT2D eigenvalue weighted by atomic mass is 32.1. The Hall–Kier alpha value is -2.61. The minimum Gasteiger partial charge on any atom is -0.266 e. The van der Waals surface area contributed by atoms with Gasteiger partial charge in [-0.05, 0) is 13.8 Å². The normalized spacial score (nSPS) is 10.8. The number of hydrogen-bond acceptors (Lipinski definition) is 6. The SMILES string of the molecule is Cc1nc(C)c(C(=O)N/N=C\c2cccc([N+](=O)[O-])c2)s1. The third-order valence-electron chi connectivity index (χ3n) is 2.57. The standard InChI is InChI=1S/C13H12N4O3S/c1-8-12(21-9(2)15-8)13(18)16-14-7-10-4-3-5-11(6-10)17(19)20/h3-7H,1-2H3,(H,16,18)/b14-7-. The maximum Gasteiger partial charge on any atom is 0.283 e. The first-order valence-electron chi connectivity index (χ1n) is 5.99. The molecule has 108 valence electrons. The van der Waals surface area contributed by atoms with Gasteiger partial charge >= 0.3 is 0 Å². The molecule has 1 aromatic heterocycles. The molecule has 1 heterocycles. The minimum absolute atomic E-state index is 0.0285. The summed E-state index contributed by atoms with van der Waals surface area (Å²) >= 11 is 1.29. The van der Waals surface area contributed by atoms with Crippen LogP contribution in [0.1, 0.15) is 25.9 Å². The lowest BCUT2D eigenvalue weighted by Crippen LogP contribution is -2.17. The van der Waals surface area contributed by atoms with Gasteiger partial charge in [-0.1, -0.05) is 12.1 Å². The van der Waals surface area contributed by atoms with Crippen LogP contribution in [0.3, 0.4) is 0 Å². The maximum absolute atomic E-state index is 11.9. The number of nitro benzene ring substituents is 1. The van der Waals surface area contributed by atoms with Crippen LogP contribution < -0.4 is 5.43 Å². The molecule has 7 nitrogen and oxygen atoms in total. The fourth-order valence-electron chi connectivity index (χ4n) is 1.68. The second-order valence-electron chi connectivity index (χ2n) is 4.20. The van der Waals surface area contributed by atoms with Crippen molar-refractivity contribution < 1.29 is 9.72 Å². The quantitative estimate of drug-likeness (QED) is 0.533. The van der Waals surface area contributed by atoms with E-state index in [1.165, 1.54) is 29.7 Å². The molecular formula is C13H12N4O3S. The molecule has 1 N–H and O–H groups in total. The number of benzene rings is 1. The van der Waals surface area contributed by atoms with E-state index in [0.29, 0.717) is 16.1 Å². The van der Waals surface area contributed by atoms with Gasteiger partial charge in [-0.2, -0.15) is 5.10 Å². The van der Waals surface area contributed by atoms with Crippen molar-refractivity contribution in [3.63, 3.8) is 0 Å². The number of hydrazone groups is 1. The number of carbonyl (C=O) groups is 1. The lowest BCUT2D eigenvalue weighted by atomic mass is 10.2. The zero-order valence-corrected chi connectivity index (χ0v) is 12.2. The molecule has 0 aliphatic rings. The fraction of sp³-hybridized carbons (Fsp3) is 0.154. The van der Waals surface area contributed by atoms with E-state index in [0.717, 1.165) is 5.01 Å². The molecule has 0 aliphatic heterocycles. The summed E-state index contributed by atoms with van der Waals surface area (Å²) in [7, 11) is 0. The van der Waals surface area contributed by atoms with E-state index >= 15 is 0 Å². The van der Waals surface area contributed by atoms with E-state index in [9.17, 15) is 14.9 Å². The van der Waals surface area contributed by atoms with Crippen LogP contribution in [-0.4, -0.2) is 22.0 Å². The lowest BCUT2D eigenvalue weighted by Gasteiger charge is -1.97. The largest absolute Gasteiger partial charge is 0.283 e. The molecule has 0 aliphatic carbocycles. The van der Waals surface area contributed by atoms with Gasteiger partial charge in [0.2, 0.25) is 0 Å². The second-order valence-corrected chi connectivity index (χ2v) is 5.40. The highest BCUT2D eigenvalue weighted by Gasteiger charge is 2.12. The van der Waals surface area contributed by atoms with Crippen LogP contribution >= 0.6 is 11.3 Å². The number of nitrogens with one attached hydrogen (secondary N) is 1. The summed E-state index contributed by atoms with van der Waals surface area (Å²) in [6.07, 6.45) is 1.36. The van der Waals surface area contributed by atoms with Crippen LogP contribution in [0.15, 0.2) is 29.4 Å². The van der Waals surface area contributed by atoms with Crippen LogP contribution in [0.4, 0.5) is 5.69 Å². The Morgan fingerprint density at radius 1 is 1.48 bits per heavy atom. The van der Waals surface area contributed by atoms with Crippen molar-refractivity contribution in [1.82, 2.24) is 10.4 Å². The number of aryl methyl sites for hydroxylation is 2. The highest BCUT2D eigenvalue weighted by Crippen LogP contribution is 2.16. The Kier molecular flexibility index (Phi) is 4.39. The van der Waals surface area contributed by atoms with Crippen molar-refractivity contribution >= 4 is 29.1 Å². The Labute approximate surface area is 124 Å². The Morgan fingerprint density at radius 3 is 2.86 bits per heavy atom. The minimum atomic E-state index is -0.487. The molecule has 0 saturated heterocycles. The fourth-order valence-corrected chi connectivity index (χ4v) is 2.49. The average molecular weight is 304 g/mol. The van der Waals surface area contributed by atoms with E-state index in [1.54, 1.807) is 19.1 Å². The molecule has 0 unspecified atom stereocenters. The van der Waals surface area contributed by atoms with Gasteiger partial charge in [0.1, 0.15) is 4.88 Å². The third-order valence-corrected chi connectivity index (χ3v) is 3.64. The summed E-state index contributed by atoms with van der Waals surface area (Å²) < 4.78 is 0. The molecule has 1 amide bonds. The second kappa shape index (κ2) is 6.23. The van der Waals surface area contributed by atoms with Gasteiger partial charge in [0.15, 0.2) is 0 Å². The Bertz CT molecular complexity index is 724. The predicted molar refractivity (Wildman–Crippen MR) is 79.7 cm³/mol. The summed E-state index contributed by atoms with van der Waals surface area (Å²) in [5.74, 6) is -0.347. The first-order chi connectivity index (χ1) is 9.97. The van der Waals surface area contributed by atoms with Crippen molar-refractivity contribution in [3.05, 3.63) is 55.5 Å². The van der Waals surface area contributed by atoms with Crippen molar-refractivity contribution in [2.45, 2.75) is 13.8 Å². The van der Waals surface area contributed by atoms with E-state index in [2.05, 4.69) is 15.5 Å². The zero-order valence-electron chi connectivity index (χ0n) is 11.4. The summed E-state index contributed by atoms with van der Waals surface area (Å²) in [6.45, 7) is 3.57. The van der Waals surface area contributed by atoms with Gasteiger partial charge in [-0.15, -0.1) is 11.3 Å². The average Bonchev–Trinajstić information content (AvgIpc) is 2.78. The molecule has 0 radical (unpaired) electrons. The number of rotatable bonds is 4. The van der Waals surface area contributed by atoms with Crippen molar-refractivity contribution in [2.24, 2.45) is 5.10 Å². The first-order valence-corrected chi connectivity index (χ1v) is 6.81. The van der Waals surface area contributed by atoms with Gasteiger partial charge in [-0.25, -0.2) is 10.4 Å². The zero-order chi connectivity index (χ0) is 15.4. The van der Waals surface area contributed by atoms with Crippen LogP contribution in [0.25, 0.3) is 0 Å². The van der Waals surface area contributed by atoms with Crippen LogP contribution in [0.2, 0.25) is 0 Å². The number of nitrogens with zero attached hydrogens (tertiary/aromatic N) is 3. The number of hydrogen-bond donors (Lipinski definition) is 1. The molecule has 2 rings (SSSR count). The first kappa shape index (κ1) is 14.8. The number of carbonyl (C=O) groups excluding carboxylic acids is 1. The Balaban J connectivity index is 2.05. The molecule has 2 aromatic rings. The number of aromatic nitrogens is 1. The highest BCUT2D eigenvalue weighted by molar-refractivity contribution is 7.13. The van der Waals surface area contributed by atoms with Gasteiger partial charge in [0, 0.05) is 17.7 Å². The van der Waals surface area contributed by atoms with Gasteiger partial charge in [0.25, 0.3) is 11.6 Å². The molecule has 0 saturated carbocycles. The van der Waals surface area contributed by atoms with Gasteiger partial charge in [0.05, 0.1) is 21.8 Å². The number of nitro groups is 1. The van der Waals surface area contributed by atoms with Crippen LogP contribution in [0, 0.1) is 24.0 Å². The molecule has 8 heteroatoms. The molecule has 0 atom stereocenters. The number of amides is 1. The summed E-state index contributed by atoms with van der Waals surface area (Å²) in [6, 6.07) is 5.97. The summed E-state index contributed by atoms with van der Waals surface area (Å²) in [5.41, 5.74) is 3.54. The van der Waals surface area contributed by atoms with Crippen molar-refractivity contribution in [2.75, 3.05) is 0 Å². The Morgan fingerprint density at radius 2 is 2.24 bits per heavy atom. The third kappa shape index (κ3) is 3.69. The van der Waals surface area contributed by atoms with Crippen LogP contribution in [0.5, 0.6) is 0 Å². The summed E-state index contributed by atoms with van der Waals surface area (Å²) in [5, 5.41) is 15.3. The van der Waals surface area contributed by atoms with E-state index in [-0.39, 0.29) is 11.6 Å². The molecule has 21 heavy (non-hydrogen) atoms. The molecule has 0 spiro atoms. The van der Waals surface area contributed by atoms with E-state index in [4.69, 9.17) is 0 Å². The topological polar surface area (TPSA) is 97.5 Å². The molecular weight excluding hydrogens is 292 g/mol. The maximum atomic E-state index is 11.9. The summed E-state index contributed by atoms with van der Waals surface area (Å²) in [4.78, 5) is 26.7. The number of non-ortho nitro benzene ring substituents is 1. The monoisotopic (exact) mass is 304 g/mol. The molecule has 0 bridgehead atoms.